The first-order valence-electron chi connectivity index (χ1n) is 7.98. The number of halogens is 2. The van der Waals surface area contributed by atoms with Crippen molar-refractivity contribution < 1.29 is 13.9 Å². The third kappa shape index (κ3) is 4.59. The van der Waals surface area contributed by atoms with E-state index in [1.165, 1.54) is 0 Å². The van der Waals surface area contributed by atoms with Gasteiger partial charge >= 0.3 is 0 Å². The molecule has 0 aliphatic heterocycles. The highest BCUT2D eigenvalue weighted by atomic mass is 35.5. The highest BCUT2D eigenvalue weighted by molar-refractivity contribution is 6.35. The van der Waals surface area contributed by atoms with Gasteiger partial charge in [-0.1, -0.05) is 23.2 Å². The fourth-order valence-corrected chi connectivity index (χ4v) is 2.76. The molecule has 2 heterocycles. The number of benzene rings is 1. The summed E-state index contributed by atoms with van der Waals surface area (Å²) in [6.07, 6.45) is 4.50. The summed E-state index contributed by atoms with van der Waals surface area (Å²) in [6.45, 7) is 2.60. The van der Waals surface area contributed by atoms with Crippen molar-refractivity contribution in [3.8, 4) is 17.1 Å². The van der Waals surface area contributed by atoms with E-state index in [-0.39, 0.29) is 5.91 Å². The van der Waals surface area contributed by atoms with Gasteiger partial charge in [0.15, 0.2) is 6.10 Å². The molecule has 136 valence electrons. The minimum absolute atomic E-state index is 0.241. The van der Waals surface area contributed by atoms with Crippen LogP contribution in [0.5, 0.6) is 5.75 Å². The Hall–Kier alpha value is -2.44. The SMILES string of the molecule is C[C@@H](Oc1ccc(Cl)cc1Cl)C(=O)NCCn1cc(-c2ccco2)cn1. The molecule has 6 nitrogen and oxygen atoms in total. The van der Waals surface area contributed by atoms with Crippen molar-refractivity contribution in [2.75, 3.05) is 6.54 Å². The number of nitrogens with one attached hydrogen (secondary N) is 1. The maximum absolute atomic E-state index is 12.2. The van der Waals surface area contributed by atoms with Gasteiger partial charge in [0.25, 0.3) is 5.91 Å². The first-order valence-corrected chi connectivity index (χ1v) is 8.74. The third-order valence-corrected chi connectivity index (χ3v) is 4.18. The van der Waals surface area contributed by atoms with Crippen molar-refractivity contribution in [2.45, 2.75) is 19.6 Å². The highest BCUT2D eigenvalue weighted by Gasteiger charge is 2.16. The zero-order valence-electron chi connectivity index (χ0n) is 14.0. The molecule has 8 heteroatoms. The monoisotopic (exact) mass is 393 g/mol. The van der Waals surface area contributed by atoms with Crippen LogP contribution >= 0.6 is 23.2 Å². The maximum Gasteiger partial charge on any atom is 0.260 e. The molecule has 0 aliphatic carbocycles. The van der Waals surface area contributed by atoms with E-state index in [0.29, 0.717) is 28.9 Å². The van der Waals surface area contributed by atoms with E-state index in [0.717, 1.165) is 11.3 Å². The van der Waals surface area contributed by atoms with E-state index in [2.05, 4.69) is 10.4 Å². The lowest BCUT2D eigenvalue weighted by Crippen LogP contribution is -2.38. The molecule has 1 amide bonds. The number of furan rings is 1. The quantitative estimate of drug-likeness (QED) is 0.657. The van der Waals surface area contributed by atoms with Crippen molar-refractivity contribution in [2.24, 2.45) is 0 Å². The van der Waals surface area contributed by atoms with E-state index < -0.39 is 6.10 Å². The summed E-state index contributed by atoms with van der Waals surface area (Å²) in [5, 5.41) is 7.92. The van der Waals surface area contributed by atoms with Gasteiger partial charge in [-0.15, -0.1) is 0 Å². The molecular weight excluding hydrogens is 377 g/mol. The molecule has 0 spiro atoms. The predicted molar refractivity (Wildman–Crippen MR) is 99.5 cm³/mol. The number of amides is 1. The van der Waals surface area contributed by atoms with Crippen LogP contribution in [0.25, 0.3) is 11.3 Å². The lowest BCUT2D eigenvalue weighted by atomic mass is 10.3. The topological polar surface area (TPSA) is 69.3 Å². The Morgan fingerprint density at radius 1 is 1.38 bits per heavy atom. The molecule has 0 bridgehead atoms. The average Bonchev–Trinajstić information content (AvgIpc) is 3.28. The molecule has 0 fully saturated rings. The molecule has 2 aromatic heterocycles. The third-order valence-electron chi connectivity index (χ3n) is 3.65. The summed E-state index contributed by atoms with van der Waals surface area (Å²) in [4.78, 5) is 12.2. The number of hydrogen-bond acceptors (Lipinski definition) is 4. The second-order valence-electron chi connectivity index (χ2n) is 5.60. The molecule has 0 unspecified atom stereocenters. The summed E-state index contributed by atoms with van der Waals surface area (Å²) < 4.78 is 12.6. The Kier molecular flexibility index (Phi) is 5.85. The molecule has 0 aliphatic rings. The van der Waals surface area contributed by atoms with Crippen molar-refractivity contribution in [3.63, 3.8) is 0 Å². The predicted octanol–water partition coefficient (Wildman–Crippen LogP) is 4.03. The van der Waals surface area contributed by atoms with Crippen LogP contribution < -0.4 is 10.1 Å². The van der Waals surface area contributed by atoms with Crippen LogP contribution in [0.4, 0.5) is 0 Å². The van der Waals surface area contributed by atoms with Gasteiger partial charge in [0.05, 0.1) is 29.6 Å². The molecule has 3 aromatic rings. The largest absolute Gasteiger partial charge is 0.479 e. The van der Waals surface area contributed by atoms with Crippen molar-refractivity contribution in [1.29, 1.82) is 0 Å². The summed E-state index contributed by atoms with van der Waals surface area (Å²) in [5.41, 5.74) is 0.885. The van der Waals surface area contributed by atoms with E-state index in [1.54, 1.807) is 42.3 Å². The van der Waals surface area contributed by atoms with Crippen LogP contribution in [0.3, 0.4) is 0 Å². The number of hydrogen-bond donors (Lipinski definition) is 1. The molecule has 0 saturated heterocycles. The van der Waals surface area contributed by atoms with Gasteiger partial charge in [-0.3, -0.25) is 9.48 Å². The fourth-order valence-electron chi connectivity index (χ4n) is 2.31. The standard InChI is InChI=1S/C18H17Cl2N3O3/c1-12(26-17-5-4-14(19)9-15(17)20)18(24)21-6-7-23-11-13(10-22-23)16-3-2-8-25-16/h2-5,8-12H,6-7H2,1H3,(H,21,24)/t12-/m1/s1. The number of carbonyl (C=O) groups is 1. The van der Waals surface area contributed by atoms with Crippen LogP contribution in [0.1, 0.15) is 6.92 Å². The lowest BCUT2D eigenvalue weighted by Gasteiger charge is -2.15. The smallest absolute Gasteiger partial charge is 0.260 e. The van der Waals surface area contributed by atoms with Crippen molar-refractivity contribution >= 4 is 29.1 Å². The van der Waals surface area contributed by atoms with E-state index in [9.17, 15) is 4.79 Å². The first-order chi connectivity index (χ1) is 12.5. The van der Waals surface area contributed by atoms with Crippen LogP contribution in [-0.2, 0) is 11.3 Å². The fraction of sp³-hybridized carbons (Fsp3) is 0.222. The van der Waals surface area contributed by atoms with Crippen LogP contribution in [0, 0.1) is 0 Å². The number of carbonyl (C=O) groups excluding carboxylic acids is 1. The zero-order valence-corrected chi connectivity index (χ0v) is 15.5. The van der Waals surface area contributed by atoms with Gasteiger partial charge < -0.3 is 14.5 Å². The average molecular weight is 394 g/mol. The Balaban J connectivity index is 1.47. The summed E-state index contributed by atoms with van der Waals surface area (Å²) in [5.74, 6) is 0.922. The Labute approximate surface area is 160 Å². The molecule has 1 aromatic carbocycles. The Morgan fingerprint density at radius 2 is 2.23 bits per heavy atom. The van der Waals surface area contributed by atoms with Gasteiger partial charge in [0.1, 0.15) is 11.5 Å². The van der Waals surface area contributed by atoms with Gasteiger partial charge in [-0.25, -0.2) is 0 Å². The molecule has 1 N–H and O–H groups in total. The summed E-state index contributed by atoms with van der Waals surface area (Å²) >= 11 is 11.9. The second-order valence-corrected chi connectivity index (χ2v) is 6.44. The van der Waals surface area contributed by atoms with Gasteiger partial charge in [0.2, 0.25) is 0 Å². The van der Waals surface area contributed by atoms with Gasteiger partial charge in [-0.05, 0) is 37.3 Å². The highest BCUT2D eigenvalue weighted by Crippen LogP contribution is 2.28. The minimum Gasteiger partial charge on any atom is -0.479 e. The minimum atomic E-state index is -0.690. The van der Waals surface area contributed by atoms with Crippen molar-refractivity contribution in [1.82, 2.24) is 15.1 Å². The molecular formula is C18H17Cl2N3O3. The zero-order chi connectivity index (χ0) is 18.5. The summed E-state index contributed by atoms with van der Waals surface area (Å²) in [7, 11) is 0. The second kappa shape index (κ2) is 8.29. The van der Waals surface area contributed by atoms with Gasteiger partial charge in [0, 0.05) is 17.8 Å². The molecule has 3 rings (SSSR count). The number of ether oxygens (including phenoxy) is 1. The van der Waals surface area contributed by atoms with Gasteiger partial charge in [-0.2, -0.15) is 5.10 Å². The van der Waals surface area contributed by atoms with E-state index in [4.69, 9.17) is 32.4 Å². The van der Waals surface area contributed by atoms with Crippen molar-refractivity contribution in [3.05, 3.63) is 59.0 Å². The molecule has 1 atom stereocenters. The van der Waals surface area contributed by atoms with Crippen LogP contribution in [-0.4, -0.2) is 28.3 Å². The summed E-state index contributed by atoms with van der Waals surface area (Å²) in [6, 6.07) is 8.54. The van der Waals surface area contributed by atoms with E-state index in [1.807, 2.05) is 18.3 Å². The lowest BCUT2D eigenvalue weighted by molar-refractivity contribution is -0.127. The van der Waals surface area contributed by atoms with Crippen LogP contribution in [0.2, 0.25) is 10.0 Å². The Bertz CT molecular complexity index is 878. The number of aromatic nitrogens is 2. The molecule has 26 heavy (non-hydrogen) atoms. The molecule has 0 radical (unpaired) electrons. The molecule has 0 saturated carbocycles. The first kappa shape index (κ1) is 18.4. The maximum atomic E-state index is 12.2. The van der Waals surface area contributed by atoms with Crippen LogP contribution in [0.15, 0.2) is 53.4 Å². The number of nitrogens with zero attached hydrogens (tertiary/aromatic N) is 2. The number of rotatable bonds is 7. The Morgan fingerprint density at radius 3 is 2.96 bits per heavy atom. The normalized spacial score (nSPS) is 12.0. The van der Waals surface area contributed by atoms with E-state index >= 15 is 0 Å².